The second-order valence-corrected chi connectivity index (χ2v) is 5.88. The van der Waals surface area contributed by atoms with Gasteiger partial charge in [0.15, 0.2) is 5.43 Å². The Morgan fingerprint density at radius 3 is 2.55 bits per heavy atom. The Bertz CT molecular complexity index is 907. The van der Waals surface area contributed by atoms with Gasteiger partial charge >= 0.3 is 0 Å². The van der Waals surface area contributed by atoms with Crippen LogP contribution in [-0.4, -0.2) is 0 Å². The maximum atomic E-state index is 12.4. The fraction of sp³-hybridized carbons (Fsp3) is 0.105. The van der Waals surface area contributed by atoms with E-state index in [9.17, 15) is 4.79 Å². The van der Waals surface area contributed by atoms with Crippen molar-refractivity contribution < 1.29 is 4.42 Å². The molecule has 22 heavy (non-hydrogen) atoms. The van der Waals surface area contributed by atoms with Crippen LogP contribution in [0.3, 0.4) is 0 Å². The first-order chi connectivity index (χ1) is 10.7. The summed E-state index contributed by atoms with van der Waals surface area (Å²) in [5, 5.41) is 0.661. The minimum atomic E-state index is 0.0423. The molecule has 0 aliphatic heterocycles. The molecule has 108 valence electrons. The van der Waals surface area contributed by atoms with Crippen LogP contribution in [0.15, 0.2) is 63.8 Å². The summed E-state index contributed by atoms with van der Waals surface area (Å²) in [6.45, 7) is 0. The van der Waals surface area contributed by atoms with Crippen LogP contribution in [0.4, 0.5) is 0 Å². The van der Waals surface area contributed by atoms with Crippen LogP contribution in [0.5, 0.6) is 0 Å². The van der Waals surface area contributed by atoms with Gasteiger partial charge in [0.05, 0.1) is 0 Å². The molecule has 1 aliphatic carbocycles. The maximum Gasteiger partial charge on any atom is 0.189 e. The number of hydrogen-bond acceptors (Lipinski definition) is 2. The fourth-order valence-corrected chi connectivity index (χ4v) is 3.08. The van der Waals surface area contributed by atoms with Gasteiger partial charge in [-0.2, -0.15) is 0 Å². The van der Waals surface area contributed by atoms with Gasteiger partial charge in [-0.25, -0.2) is 0 Å². The zero-order valence-electron chi connectivity index (χ0n) is 11.8. The molecule has 0 bridgehead atoms. The summed E-state index contributed by atoms with van der Waals surface area (Å²) in [7, 11) is 0. The predicted octanol–water partition coefficient (Wildman–Crippen LogP) is 4.73. The van der Waals surface area contributed by atoms with Crippen molar-refractivity contribution in [2.75, 3.05) is 0 Å². The van der Waals surface area contributed by atoms with E-state index in [1.165, 1.54) is 5.56 Å². The van der Waals surface area contributed by atoms with Gasteiger partial charge in [0.1, 0.15) is 11.5 Å². The Labute approximate surface area is 133 Å². The van der Waals surface area contributed by atoms with Crippen LogP contribution in [0.2, 0.25) is 5.02 Å². The number of fused-ring (bicyclic) bond motifs is 3. The summed E-state index contributed by atoms with van der Waals surface area (Å²) in [5.74, 6) is 1.29. The highest BCUT2D eigenvalue weighted by Gasteiger charge is 2.21. The van der Waals surface area contributed by atoms with E-state index < -0.39 is 0 Å². The topological polar surface area (TPSA) is 30.2 Å². The molecule has 0 N–H and O–H groups in total. The fourth-order valence-electron chi connectivity index (χ4n) is 2.95. The van der Waals surface area contributed by atoms with Crippen LogP contribution in [0.1, 0.15) is 11.1 Å². The quantitative estimate of drug-likeness (QED) is 0.651. The Kier molecular flexibility index (Phi) is 3.12. The molecule has 0 saturated heterocycles. The molecule has 3 heteroatoms. The van der Waals surface area contributed by atoms with Gasteiger partial charge in [-0.15, -0.1) is 0 Å². The maximum absolute atomic E-state index is 12.4. The Morgan fingerprint density at radius 2 is 1.73 bits per heavy atom. The van der Waals surface area contributed by atoms with E-state index in [0.29, 0.717) is 16.5 Å². The molecule has 3 aromatic rings. The minimum absolute atomic E-state index is 0.0423. The van der Waals surface area contributed by atoms with Gasteiger partial charge in [0, 0.05) is 27.8 Å². The molecular weight excluding hydrogens is 296 g/mol. The van der Waals surface area contributed by atoms with Crippen LogP contribution in [0, 0.1) is 0 Å². The van der Waals surface area contributed by atoms with Crippen LogP contribution in [0.25, 0.3) is 22.6 Å². The number of halogens is 1. The molecule has 0 spiro atoms. The number of hydrogen-bond donors (Lipinski definition) is 0. The van der Waals surface area contributed by atoms with Crippen molar-refractivity contribution in [2.24, 2.45) is 0 Å². The van der Waals surface area contributed by atoms with E-state index in [-0.39, 0.29) is 5.43 Å². The lowest BCUT2D eigenvalue weighted by molar-refractivity contribution is 0.566. The van der Waals surface area contributed by atoms with E-state index in [4.69, 9.17) is 16.0 Å². The average Bonchev–Trinajstić information content (AvgIpc) is 2.55. The molecule has 0 amide bonds. The number of aryl methyl sites for hydroxylation is 1. The summed E-state index contributed by atoms with van der Waals surface area (Å²) < 4.78 is 6.09. The lowest BCUT2D eigenvalue weighted by Gasteiger charge is -2.18. The summed E-state index contributed by atoms with van der Waals surface area (Å²) in [5.41, 5.74) is 3.92. The average molecular weight is 309 g/mol. The number of rotatable bonds is 1. The van der Waals surface area contributed by atoms with Crippen LogP contribution < -0.4 is 5.43 Å². The first-order valence-electron chi connectivity index (χ1n) is 7.23. The minimum Gasteiger partial charge on any atom is -0.456 e. The Balaban J connectivity index is 1.94. The lowest BCUT2D eigenvalue weighted by Crippen LogP contribution is -2.15. The van der Waals surface area contributed by atoms with E-state index in [0.717, 1.165) is 29.5 Å². The molecule has 0 atom stereocenters. The summed E-state index contributed by atoms with van der Waals surface area (Å²) in [6.07, 6.45) is 1.61. The summed E-state index contributed by atoms with van der Waals surface area (Å²) in [6, 6.07) is 17.0. The van der Waals surface area contributed by atoms with Crippen molar-refractivity contribution in [2.45, 2.75) is 12.8 Å². The molecule has 1 aromatic heterocycles. The van der Waals surface area contributed by atoms with E-state index in [1.807, 2.05) is 30.3 Å². The van der Waals surface area contributed by atoms with Crippen LogP contribution >= 0.6 is 11.6 Å². The van der Waals surface area contributed by atoms with Crippen LogP contribution in [-0.2, 0) is 12.8 Å². The standard InChI is InChI=1S/C19H13ClO2/c20-14-8-5-13(6-9-14)18-11-17(21)16-10-7-12-3-1-2-4-15(12)19(16)22-18/h1-6,8-9,11H,7,10H2. The summed E-state index contributed by atoms with van der Waals surface area (Å²) in [4.78, 5) is 12.4. The predicted molar refractivity (Wildman–Crippen MR) is 88.3 cm³/mol. The normalized spacial score (nSPS) is 12.6. The van der Waals surface area contributed by atoms with Gasteiger partial charge in [0.2, 0.25) is 0 Å². The SMILES string of the molecule is O=c1cc(-c2ccc(Cl)cc2)oc2c1CCc1ccccc1-2. The third-order valence-corrected chi connectivity index (χ3v) is 4.33. The monoisotopic (exact) mass is 308 g/mol. The lowest BCUT2D eigenvalue weighted by atomic mass is 9.89. The zero-order chi connectivity index (χ0) is 15.1. The Hall–Kier alpha value is -2.32. The molecular formula is C19H13ClO2. The van der Waals surface area contributed by atoms with Crippen molar-refractivity contribution in [1.29, 1.82) is 0 Å². The Morgan fingerprint density at radius 1 is 0.955 bits per heavy atom. The molecule has 1 heterocycles. The largest absolute Gasteiger partial charge is 0.456 e. The third-order valence-electron chi connectivity index (χ3n) is 4.08. The number of benzene rings is 2. The van der Waals surface area contributed by atoms with Crippen molar-refractivity contribution >= 4 is 11.6 Å². The second kappa shape index (κ2) is 5.15. The highest BCUT2D eigenvalue weighted by atomic mass is 35.5. The van der Waals surface area contributed by atoms with Crippen molar-refractivity contribution in [3.05, 3.63) is 81.0 Å². The first kappa shape index (κ1) is 13.4. The molecule has 0 fully saturated rings. The van der Waals surface area contributed by atoms with E-state index in [2.05, 4.69) is 6.07 Å². The highest BCUT2D eigenvalue weighted by Crippen LogP contribution is 2.34. The molecule has 2 aromatic carbocycles. The van der Waals surface area contributed by atoms with Gasteiger partial charge in [-0.05, 0) is 42.7 Å². The molecule has 1 aliphatic rings. The van der Waals surface area contributed by atoms with E-state index in [1.54, 1.807) is 18.2 Å². The highest BCUT2D eigenvalue weighted by molar-refractivity contribution is 6.30. The van der Waals surface area contributed by atoms with Crippen molar-refractivity contribution in [3.63, 3.8) is 0 Å². The molecule has 0 unspecified atom stereocenters. The third kappa shape index (κ3) is 2.16. The molecule has 4 rings (SSSR count). The van der Waals surface area contributed by atoms with Crippen molar-refractivity contribution in [3.8, 4) is 22.6 Å². The second-order valence-electron chi connectivity index (χ2n) is 5.45. The van der Waals surface area contributed by atoms with Gasteiger partial charge in [-0.1, -0.05) is 35.9 Å². The van der Waals surface area contributed by atoms with Gasteiger partial charge in [0.25, 0.3) is 0 Å². The smallest absolute Gasteiger partial charge is 0.189 e. The molecule has 0 radical (unpaired) electrons. The zero-order valence-corrected chi connectivity index (χ0v) is 12.6. The molecule has 0 saturated carbocycles. The van der Waals surface area contributed by atoms with E-state index >= 15 is 0 Å². The molecule has 2 nitrogen and oxygen atoms in total. The summed E-state index contributed by atoms with van der Waals surface area (Å²) >= 11 is 5.92. The first-order valence-corrected chi connectivity index (χ1v) is 7.61. The van der Waals surface area contributed by atoms with Crippen molar-refractivity contribution in [1.82, 2.24) is 0 Å². The van der Waals surface area contributed by atoms with Gasteiger partial charge < -0.3 is 4.42 Å². The van der Waals surface area contributed by atoms with Gasteiger partial charge in [-0.3, -0.25) is 4.79 Å².